The number of thioether (sulfide) groups is 1. The van der Waals surface area contributed by atoms with E-state index in [0.29, 0.717) is 31.1 Å². The number of hydrogen-bond donors (Lipinski definition) is 2. The SMILES string of the molecule is COc1ccccc1CNCc1ccc(OC[C@@H](O)CN2CCSCC2)c(OC)c1. The maximum Gasteiger partial charge on any atom is 0.161 e. The van der Waals surface area contributed by atoms with Crippen molar-refractivity contribution in [3.8, 4) is 17.2 Å². The second kappa shape index (κ2) is 12.1. The first-order valence-electron chi connectivity index (χ1n) is 10.3. The minimum Gasteiger partial charge on any atom is -0.496 e. The van der Waals surface area contributed by atoms with Gasteiger partial charge in [-0.05, 0) is 23.8 Å². The van der Waals surface area contributed by atoms with Gasteiger partial charge in [-0.15, -0.1) is 0 Å². The van der Waals surface area contributed by atoms with Gasteiger partial charge in [0.05, 0.1) is 14.2 Å². The fourth-order valence-corrected chi connectivity index (χ4v) is 4.43. The fraction of sp³-hybridized carbons (Fsp3) is 0.478. The number of nitrogens with zero attached hydrogens (tertiary/aromatic N) is 1. The summed E-state index contributed by atoms with van der Waals surface area (Å²) in [7, 11) is 3.32. The Morgan fingerprint density at radius 1 is 1.00 bits per heavy atom. The van der Waals surface area contributed by atoms with Crippen LogP contribution >= 0.6 is 11.8 Å². The molecule has 2 aromatic carbocycles. The molecule has 2 N–H and O–H groups in total. The molecule has 1 saturated heterocycles. The molecule has 1 aliphatic heterocycles. The Bertz CT molecular complexity index is 784. The second-order valence-electron chi connectivity index (χ2n) is 7.28. The van der Waals surface area contributed by atoms with Crippen LogP contribution in [0.5, 0.6) is 17.2 Å². The molecule has 7 heteroatoms. The van der Waals surface area contributed by atoms with Crippen LogP contribution in [-0.4, -0.2) is 68.1 Å². The predicted molar refractivity (Wildman–Crippen MR) is 122 cm³/mol. The van der Waals surface area contributed by atoms with Crippen LogP contribution < -0.4 is 19.5 Å². The van der Waals surface area contributed by atoms with Gasteiger partial charge in [0, 0.05) is 49.8 Å². The number of aliphatic hydroxyl groups is 1. The van der Waals surface area contributed by atoms with Crippen molar-refractivity contribution < 1.29 is 19.3 Å². The lowest BCUT2D eigenvalue weighted by Gasteiger charge is -2.28. The standard InChI is InChI=1S/C23H32N2O4S/c1-27-21-6-4-3-5-19(21)15-24-14-18-7-8-22(23(13-18)28-2)29-17-20(26)16-25-9-11-30-12-10-25/h3-8,13,20,24,26H,9-12,14-17H2,1-2H3/t20-/m0/s1. The van der Waals surface area contributed by atoms with Crippen molar-refractivity contribution in [1.82, 2.24) is 10.2 Å². The smallest absolute Gasteiger partial charge is 0.161 e. The van der Waals surface area contributed by atoms with Crippen molar-refractivity contribution in [2.24, 2.45) is 0 Å². The Kier molecular flexibility index (Phi) is 9.14. The zero-order chi connectivity index (χ0) is 21.2. The van der Waals surface area contributed by atoms with Gasteiger partial charge < -0.3 is 24.6 Å². The van der Waals surface area contributed by atoms with E-state index in [2.05, 4.69) is 16.3 Å². The normalized spacial score (nSPS) is 15.6. The Morgan fingerprint density at radius 3 is 2.53 bits per heavy atom. The first kappa shape index (κ1) is 22.7. The van der Waals surface area contributed by atoms with Crippen molar-refractivity contribution in [1.29, 1.82) is 0 Å². The molecular formula is C23H32N2O4S. The van der Waals surface area contributed by atoms with Crippen molar-refractivity contribution in [2.45, 2.75) is 19.2 Å². The molecule has 0 aromatic heterocycles. The average Bonchev–Trinajstić information content (AvgIpc) is 2.79. The Balaban J connectivity index is 1.49. The van der Waals surface area contributed by atoms with Crippen molar-refractivity contribution >= 4 is 11.8 Å². The number of methoxy groups -OCH3 is 2. The summed E-state index contributed by atoms with van der Waals surface area (Å²) in [6.07, 6.45) is -0.514. The minimum absolute atomic E-state index is 0.255. The lowest BCUT2D eigenvalue weighted by molar-refractivity contribution is 0.0705. The molecule has 1 heterocycles. The summed E-state index contributed by atoms with van der Waals surface area (Å²) in [5.41, 5.74) is 2.22. The Hall–Kier alpha value is -1.93. The number of para-hydroxylation sites is 1. The van der Waals surface area contributed by atoms with Gasteiger partial charge in [0.2, 0.25) is 0 Å². The van der Waals surface area contributed by atoms with Crippen molar-refractivity contribution in [2.75, 3.05) is 52.0 Å². The summed E-state index contributed by atoms with van der Waals surface area (Å²) < 4.78 is 16.7. The van der Waals surface area contributed by atoms with E-state index in [0.717, 1.165) is 41.5 Å². The monoisotopic (exact) mass is 432 g/mol. The van der Waals surface area contributed by atoms with Crippen LogP contribution in [0, 0.1) is 0 Å². The highest BCUT2D eigenvalue weighted by Crippen LogP contribution is 2.28. The van der Waals surface area contributed by atoms with Crippen LogP contribution in [0.3, 0.4) is 0 Å². The van der Waals surface area contributed by atoms with E-state index < -0.39 is 6.10 Å². The van der Waals surface area contributed by atoms with E-state index in [1.807, 2.05) is 48.2 Å². The fourth-order valence-electron chi connectivity index (χ4n) is 3.45. The molecule has 0 amide bonds. The molecule has 0 spiro atoms. The Labute approximate surface area is 183 Å². The third-order valence-electron chi connectivity index (χ3n) is 5.07. The molecule has 0 bridgehead atoms. The number of nitrogens with one attached hydrogen (secondary N) is 1. The number of rotatable bonds is 11. The molecule has 164 valence electrons. The molecule has 0 radical (unpaired) electrons. The summed E-state index contributed by atoms with van der Waals surface area (Å²) in [6.45, 7) is 4.37. The van der Waals surface area contributed by atoms with Gasteiger partial charge in [0.1, 0.15) is 18.5 Å². The number of aliphatic hydroxyl groups excluding tert-OH is 1. The molecule has 30 heavy (non-hydrogen) atoms. The van der Waals surface area contributed by atoms with Crippen LogP contribution in [0.2, 0.25) is 0 Å². The molecule has 1 atom stereocenters. The van der Waals surface area contributed by atoms with Crippen LogP contribution in [0.25, 0.3) is 0 Å². The van der Waals surface area contributed by atoms with Crippen LogP contribution in [0.4, 0.5) is 0 Å². The van der Waals surface area contributed by atoms with E-state index in [9.17, 15) is 5.11 Å². The highest BCUT2D eigenvalue weighted by molar-refractivity contribution is 7.99. The number of hydrogen-bond acceptors (Lipinski definition) is 7. The summed E-state index contributed by atoms with van der Waals surface area (Å²) >= 11 is 1.97. The van der Waals surface area contributed by atoms with E-state index >= 15 is 0 Å². The molecule has 2 aromatic rings. The third kappa shape index (κ3) is 6.80. The van der Waals surface area contributed by atoms with E-state index in [1.54, 1.807) is 14.2 Å². The van der Waals surface area contributed by atoms with Crippen LogP contribution in [0.15, 0.2) is 42.5 Å². The molecule has 1 aliphatic rings. The lowest BCUT2D eigenvalue weighted by Crippen LogP contribution is -2.40. The van der Waals surface area contributed by atoms with Crippen molar-refractivity contribution in [3.63, 3.8) is 0 Å². The van der Waals surface area contributed by atoms with Gasteiger partial charge in [-0.25, -0.2) is 0 Å². The molecule has 6 nitrogen and oxygen atoms in total. The van der Waals surface area contributed by atoms with Gasteiger partial charge in [-0.3, -0.25) is 4.90 Å². The highest BCUT2D eigenvalue weighted by atomic mass is 32.2. The number of ether oxygens (including phenoxy) is 3. The van der Waals surface area contributed by atoms with E-state index in [-0.39, 0.29) is 6.61 Å². The van der Waals surface area contributed by atoms with Crippen LogP contribution in [0.1, 0.15) is 11.1 Å². The zero-order valence-electron chi connectivity index (χ0n) is 17.8. The minimum atomic E-state index is -0.514. The topological polar surface area (TPSA) is 63.2 Å². The molecule has 3 rings (SSSR count). The van der Waals surface area contributed by atoms with Crippen LogP contribution in [-0.2, 0) is 13.1 Å². The highest BCUT2D eigenvalue weighted by Gasteiger charge is 2.16. The van der Waals surface area contributed by atoms with E-state index in [4.69, 9.17) is 14.2 Å². The molecule has 0 unspecified atom stereocenters. The number of β-amino-alcohol motifs (C(OH)–C–C–N with tert-alkyl or cyclic N) is 1. The number of benzene rings is 2. The van der Waals surface area contributed by atoms with Gasteiger partial charge in [-0.1, -0.05) is 24.3 Å². The maximum absolute atomic E-state index is 10.3. The summed E-state index contributed by atoms with van der Waals surface area (Å²) in [5, 5.41) is 13.7. The average molecular weight is 433 g/mol. The third-order valence-corrected chi connectivity index (χ3v) is 6.01. The van der Waals surface area contributed by atoms with Gasteiger partial charge in [-0.2, -0.15) is 11.8 Å². The van der Waals surface area contributed by atoms with Gasteiger partial charge >= 0.3 is 0 Å². The molecular weight excluding hydrogens is 400 g/mol. The predicted octanol–water partition coefficient (Wildman–Crippen LogP) is 2.78. The largest absolute Gasteiger partial charge is 0.496 e. The van der Waals surface area contributed by atoms with Crippen molar-refractivity contribution in [3.05, 3.63) is 53.6 Å². The molecule has 0 aliphatic carbocycles. The lowest BCUT2D eigenvalue weighted by atomic mass is 10.1. The second-order valence-corrected chi connectivity index (χ2v) is 8.50. The summed E-state index contributed by atoms with van der Waals surface area (Å²) in [4.78, 5) is 2.29. The zero-order valence-corrected chi connectivity index (χ0v) is 18.6. The summed E-state index contributed by atoms with van der Waals surface area (Å²) in [5.74, 6) is 4.47. The van der Waals surface area contributed by atoms with Gasteiger partial charge in [0.25, 0.3) is 0 Å². The first-order chi connectivity index (χ1) is 14.7. The van der Waals surface area contributed by atoms with Gasteiger partial charge in [0.15, 0.2) is 11.5 Å². The molecule has 0 saturated carbocycles. The summed E-state index contributed by atoms with van der Waals surface area (Å²) in [6, 6.07) is 13.9. The quantitative estimate of drug-likeness (QED) is 0.566. The first-order valence-corrected chi connectivity index (χ1v) is 11.5. The Morgan fingerprint density at radius 2 is 1.77 bits per heavy atom. The maximum atomic E-state index is 10.3. The van der Waals surface area contributed by atoms with E-state index in [1.165, 1.54) is 0 Å². The molecule has 1 fully saturated rings.